The molecule has 4 nitrogen and oxygen atoms in total. The van der Waals surface area contributed by atoms with Crippen molar-refractivity contribution in [2.45, 2.75) is 50.8 Å². The lowest BCUT2D eigenvalue weighted by Gasteiger charge is -2.32. The molecule has 1 atom stereocenters. The maximum absolute atomic E-state index is 10.4. The first kappa shape index (κ1) is 21.7. The zero-order chi connectivity index (χ0) is 19.5. The number of aliphatic hydroxyl groups is 1. The molecule has 0 spiro atoms. The van der Waals surface area contributed by atoms with Gasteiger partial charge in [-0.1, -0.05) is 49.6 Å². The van der Waals surface area contributed by atoms with Gasteiger partial charge in [0.05, 0.1) is 0 Å². The summed E-state index contributed by atoms with van der Waals surface area (Å²) in [5.74, 6) is 0.843. The van der Waals surface area contributed by atoms with Crippen molar-refractivity contribution in [1.29, 1.82) is 0 Å². The standard InChI is InChI=1S/C23H36N2O2/c1-4-15-25(16-5-2)17-20-11-9-10-14-23(20)27-19-22(26)18-24(3)21-12-7-6-8-13-21/h4-5,9-11,14,21-22,26H,1-2,6-8,12-13,15-19H2,3H3/t22-/m1/s1. The van der Waals surface area contributed by atoms with Gasteiger partial charge in [-0.25, -0.2) is 0 Å². The van der Waals surface area contributed by atoms with Gasteiger partial charge in [0.2, 0.25) is 0 Å². The van der Waals surface area contributed by atoms with E-state index in [1.807, 2.05) is 30.4 Å². The second-order valence-corrected chi connectivity index (χ2v) is 7.58. The Hall–Kier alpha value is -1.62. The highest BCUT2D eigenvalue weighted by atomic mass is 16.5. The summed E-state index contributed by atoms with van der Waals surface area (Å²) in [6.45, 7) is 11.0. The van der Waals surface area contributed by atoms with Gasteiger partial charge in [0.1, 0.15) is 18.5 Å². The molecule has 1 aromatic rings. The highest BCUT2D eigenvalue weighted by Crippen LogP contribution is 2.22. The Labute approximate surface area is 165 Å². The maximum atomic E-state index is 10.4. The van der Waals surface area contributed by atoms with Gasteiger partial charge < -0.3 is 14.7 Å². The third kappa shape index (κ3) is 7.49. The summed E-state index contributed by atoms with van der Waals surface area (Å²) in [6.07, 6.45) is 9.77. The molecule has 0 bridgehead atoms. The predicted octanol–water partition coefficient (Wildman–Crippen LogP) is 3.86. The van der Waals surface area contributed by atoms with Crippen LogP contribution >= 0.6 is 0 Å². The molecule has 1 aromatic carbocycles. The molecule has 0 radical (unpaired) electrons. The van der Waals surface area contributed by atoms with Crippen LogP contribution in [0, 0.1) is 0 Å². The molecule has 27 heavy (non-hydrogen) atoms. The van der Waals surface area contributed by atoms with Crippen LogP contribution in [0.3, 0.4) is 0 Å². The molecule has 0 heterocycles. The van der Waals surface area contributed by atoms with Gasteiger partial charge in [0.15, 0.2) is 0 Å². The van der Waals surface area contributed by atoms with Crippen LogP contribution in [0.15, 0.2) is 49.6 Å². The smallest absolute Gasteiger partial charge is 0.123 e. The van der Waals surface area contributed by atoms with E-state index in [1.54, 1.807) is 0 Å². The number of ether oxygens (including phenoxy) is 1. The SMILES string of the molecule is C=CCN(CC=C)Cc1ccccc1OC[C@H](O)CN(C)C1CCCCC1. The van der Waals surface area contributed by atoms with E-state index in [1.165, 1.54) is 32.1 Å². The van der Waals surface area contributed by atoms with E-state index in [9.17, 15) is 5.11 Å². The van der Waals surface area contributed by atoms with Crippen LogP contribution in [0.5, 0.6) is 5.75 Å². The summed E-state index contributed by atoms with van der Waals surface area (Å²) in [7, 11) is 2.12. The van der Waals surface area contributed by atoms with Crippen LogP contribution in [0.4, 0.5) is 0 Å². The Bertz CT molecular complexity index is 559. The van der Waals surface area contributed by atoms with Crippen molar-refractivity contribution in [3.8, 4) is 5.75 Å². The summed E-state index contributed by atoms with van der Waals surface area (Å²) in [6, 6.07) is 8.66. The third-order valence-corrected chi connectivity index (χ3v) is 5.27. The molecule has 0 amide bonds. The topological polar surface area (TPSA) is 35.9 Å². The fraction of sp³-hybridized carbons (Fsp3) is 0.565. The van der Waals surface area contributed by atoms with E-state index in [-0.39, 0.29) is 0 Å². The van der Waals surface area contributed by atoms with Gasteiger partial charge >= 0.3 is 0 Å². The van der Waals surface area contributed by atoms with E-state index in [4.69, 9.17) is 4.74 Å². The molecule has 4 heteroatoms. The fourth-order valence-electron chi connectivity index (χ4n) is 3.83. The van der Waals surface area contributed by atoms with E-state index in [0.717, 1.165) is 30.9 Å². The minimum absolute atomic E-state index is 0.316. The number of likely N-dealkylation sites (N-methyl/N-ethyl adjacent to an activating group) is 1. The fourth-order valence-corrected chi connectivity index (χ4v) is 3.83. The monoisotopic (exact) mass is 372 g/mol. The molecule has 1 aliphatic rings. The molecule has 1 saturated carbocycles. The number of aliphatic hydroxyl groups excluding tert-OH is 1. The molecule has 1 aliphatic carbocycles. The molecule has 0 aromatic heterocycles. The van der Waals surface area contributed by atoms with Crippen molar-refractivity contribution in [1.82, 2.24) is 9.80 Å². The van der Waals surface area contributed by atoms with Gasteiger partial charge in [0, 0.05) is 37.8 Å². The maximum Gasteiger partial charge on any atom is 0.123 e. The Morgan fingerprint density at radius 1 is 1.15 bits per heavy atom. The highest BCUT2D eigenvalue weighted by molar-refractivity contribution is 5.33. The molecule has 0 aliphatic heterocycles. The molecule has 150 valence electrons. The highest BCUT2D eigenvalue weighted by Gasteiger charge is 2.20. The number of hydrogen-bond donors (Lipinski definition) is 1. The summed E-state index contributed by atoms with van der Waals surface area (Å²) in [5.41, 5.74) is 1.12. The van der Waals surface area contributed by atoms with Gasteiger partial charge in [-0.15, -0.1) is 13.2 Å². The van der Waals surface area contributed by atoms with Crippen LogP contribution in [0.1, 0.15) is 37.7 Å². The zero-order valence-electron chi connectivity index (χ0n) is 16.9. The van der Waals surface area contributed by atoms with E-state index in [2.05, 4.69) is 36.1 Å². The normalized spacial score (nSPS) is 16.4. The number of benzene rings is 1. The van der Waals surface area contributed by atoms with Crippen molar-refractivity contribution >= 4 is 0 Å². The lowest BCUT2D eigenvalue weighted by Crippen LogP contribution is -2.40. The van der Waals surface area contributed by atoms with Gasteiger partial charge in [-0.3, -0.25) is 4.90 Å². The number of nitrogens with zero attached hydrogens (tertiary/aromatic N) is 2. The van der Waals surface area contributed by atoms with Crippen LogP contribution in [-0.4, -0.2) is 60.3 Å². The third-order valence-electron chi connectivity index (χ3n) is 5.27. The average molecular weight is 373 g/mol. The average Bonchev–Trinajstić information content (AvgIpc) is 2.68. The second-order valence-electron chi connectivity index (χ2n) is 7.58. The van der Waals surface area contributed by atoms with Crippen LogP contribution in [-0.2, 0) is 6.54 Å². The molecule has 0 saturated heterocycles. The minimum Gasteiger partial charge on any atom is -0.491 e. The molecule has 2 rings (SSSR count). The Kier molecular flexibility index (Phi) is 9.60. The van der Waals surface area contributed by atoms with Crippen molar-refractivity contribution in [2.75, 3.05) is 33.3 Å². The lowest BCUT2D eigenvalue weighted by molar-refractivity contribution is 0.0557. The first-order chi connectivity index (χ1) is 13.1. The lowest BCUT2D eigenvalue weighted by atomic mass is 9.94. The zero-order valence-corrected chi connectivity index (χ0v) is 16.9. The molecule has 1 fully saturated rings. The largest absolute Gasteiger partial charge is 0.491 e. The van der Waals surface area contributed by atoms with Crippen molar-refractivity contribution in [2.24, 2.45) is 0 Å². The van der Waals surface area contributed by atoms with Crippen LogP contribution < -0.4 is 4.74 Å². The van der Waals surface area contributed by atoms with Crippen molar-refractivity contribution in [3.63, 3.8) is 0 Å². The summed E-state index contributed by atoms with van der Waals surface area (Å²) in [4.78, 5) is 4.55. The summed E-state index contributed by atoms with van der Waals surface area (Å²) >= 11 is 0. The molecule has 1 N–H and O–H groups in total. The van der Waals surface area contributed by atoms with Gasteiger partial charge in [0.25, 0.3) is 0 Å². The predicted molar refractivity (Wildman–Crippen MR) is 113 cm³/mol. The summed E-state index contributed by atoms with van der Waals surface area (Å²) < 4.78 is 5.99. The van der Waals surface area contributed by atoms with E-state index < -0.39 is 6.10 Å². The number of rotatable bonds is 12. The number of para-hydroxylation sites is 1. The van der Waals surface area contributed by atoms with Crippen molar-refractivity contribution < 1.29 is 9.84 Å². The Morgan fingerprint density at radius 3 is 2.48 bits per heavy atom. The molecular formula is C23H36N2O2. The van der Waals surface area contributed by atoms with Crippen LogP contribution in [0.2, 0.25) is 0 Å². The van der Waals surface area contributed by atoms with Crippen LogP contribution in [0.25, 0.3) is 0 Å². The molecule has 0 unspecified atom stereocenters. The quantitative estimate of drug-likeness (QED) is 0.565. The van der Waals surface area contributed by atoms with Crippen molar-refractivity contribution in [3.05, 3.63) is 55.1 Å². The van der Waals surface area contributed by atoms with Gasteiger partial charge in [-0.2, -0.15) is 0 Å². The second kappa shape index (κ2) is 12.0. The van der Waals surface area contributed by atoms with E-state index in [0.29, 0.717) is 19.2 Å². The Balaban J connectivity index is 1.87. The first-order valence-corrected chi connectivity index (χ1v) is 10.2. The summed E-state index contributed by atoms with van der Waals surface area (Å²) in [5, 5.41) is 10.4. The Morgan fingerprint density at radius 2 is 1.81 bits per heavy atom. The minimum atomic E-state index is -0.484. The van der Waals surface area contributed by atoms with Gasteiger partial charge in [-0.05, 0) is 26.0 Å². The first-order valence-electron chi connectivity index (χ1n) is 10.2. The molecular weight excluding hydrogens is 336 g/mol. The van der Waals surface area contributed by atoms with E-state index >= 15 is 0 Å². The number of hydrogen-bond acceptors (Lipinski definition) is 4.